The summed E-state index contributed by atoms with van der Waals surface area (Å²) in [7, 11) is -3.63. The van der Waals surface area contributed by atoms with Crippen LogP contribution in [0, 0.1) is 11.3 Å². The summed E-state index contributed by atoms with van der Waals surface area (Å²) in [5.74, 6) is -0.123. The third kappa shape index (κ3) is 4.64. The minimum absolute atomic E-state index is 0.123. The van der Waals surface area contributed by atoms with E-state index >= 15 is 0 Å². The molecule has 0 radical (unpaired) electrons. The quantitative estimate of drug-likeness (QED) is 0.688. The van der Waals surface area contributed by atoms with Crippen molar-refractivity contribution in [3.8, 4) is 6.07 Å². The first-order valence-electron chi connectivity index (χ1n) is 10.2. The lowest BCUT2D eigenvalue weighted by atomic mass is 10.1. The van der Waals surface area contributed by atoms with Crippen molar-refractivity contribution in [2.75, 3.05) is 38.0 Å². The molecule has 4 rings (SSSR count). The molecule has 0 spiro atoms. The second-order valence-corrected chi connectivity index (χ2v) is 11.1. The number of anilines is 1. The molecule has 7 nitrogen and oxygen atoms in total. The predicted molar refractivity (Wildman–Crippen MR) is 121 cm³/mol. The molecule has 2 aromatic rings. The Morgan fingerprint density at radius 1 is 1.19 bits per heavy atom. The Morgan fingerprint density at radius 2 is 1.94 bits per heavy atom. The van der Waals surface area contributed by atoms with E-state index in [0.717, 1.165) is 24.8 Å². The summed E-state index contributed by atoms with van der Waals surface area (Å²) in [5.41, 5.74) is 1.71. The number of nitrogens with zero attached hydrogens (tertiary/aromatic N) is 3. The van der Waals surface area contributed by atoms with Gasteiger partial charge in [0.05, 0.1) is 10.6 Å². The molecule has 31 heavy (non-hydrogen) atoms. The molecule has 1 N–H and O–H groups in total. The maximum Gasteiger partial charge on any atom is 0.244 e. The van der Waals surface area contributed by atoms with Gasteiger partial charge in [0.1, 0.15) is 16.0 Å². The number of fused-ring (bicyclic) bond motifs is 1. The van der Waals surface area contributed by atoms with Crippen molar-refractivity contribution in [2.45, 2.75) is 30.6 Å². The van der Waals surface area contributed by atoms with E-state index in [2.05, 4.69) is 16.3 Å². The Hall–Kier alpha value is -1.96. The predicted octanol–water partition coefficient (Wildman–Crippen LogP) is 3.10. The minimum Gasteiger partial charge on any atom is -0.317 e. The molecule has 1 amide bonds. The zero-order valence-corrected chi connectivity index (χ0v) is 19.3. The Balaban J connectivity index is 1.29. The number of benzene rings is 1. The Kier molecular flexibility index (Phi) is 6.65. The number of nitriles is 1. The van der Waals surface area contributed by atoms with Gasteiger partial charge in [-0.2, -0.15) is 9.57 Å². The van der Waals surface area contributed by atoms with E-state index in [1.807, 2.05) is 0 Å². The molecule has 1 aromatic heterocycles. The number of hydrogen-bond acceptors (Lipinski definition) is 6. The first-order chi connectivity index (χ1) is 14.9. The van der Waals surface area contributed by atoms with Gasteiger partial charge >= 0.3 is 0 Å². The van der Waals surface area contributed by atoms with Crippen molar-refractivity contribution in [1.82, 2.24) is 9.21 Å². The summed E-state index contributed by atoms with van der Waals surface area (Å²) >= 11 is 7.59. The van der Waals surface area contributed by atoms with Gasteiger partial charge in [-0.15, -0.1) is 11.3 Å². The highest BCUT2D eigenvalue weighted by Gasteiger charge is 2.30. The van der Waals surface area contributed by atoms with E-state index < -0.39 is 10.0 Å². The van der Waals surface area contributed by atoms with Gasteiger partial charge in [-0.25, -0.2) is 8.42 Å². The lowest BCUT2D eigenvalue weighted by molar-refractivity contribution is -0.116. The molecular weight excluding hydrogens is 456 g/mol. The maximum absolute atomic E-state index is 12.8. The van der Waals surface area contributed by atoms with Crippen LogP contribution >= 0.6 is 22.9 Å². The van der Waals surface area contributed by atoms with Crippen molar-refractivity contribution in [1.29, 1.82) is 5.26 Å². The van der Waals surface area contributed by atoms with Crippen LogP contribution in [-0.2, 0) is 27.7 Å². The number of carbonyl (C=O) groups excluding carboxylic acids is 1. The molecule has 1 aromatic carbocycles. The molecular formula is C21H23ClN4O3S2. The summed E-state index contributed by atoms with van der Waals surface area (Å²) in [6, 6.07) is 8.69. The number of piperazine rings is 1. The van der Waals surface area contributed by atoms with Gasteiger partial charge < -0.3 is 10.2 Å². The summed E-state index contributed by atoms with van der Waals surface area (Å²) < 4.78 is 27.1. The fraction of sp³-hybridized carbons (Fsp3) is 0.429. The SMILES string of the molecule is N#Cc1c(NC(=O)CCN2CCN(S(=O)(=O)c3ccccc3Cl)CC2)sc2c1CCC2. The summed E-state index contributed by atoms with van der Waals surface area (Å²) in [6.07, 6.45) is 3.25. The van der Waals surface area contributed by atoms with E-state index in [-0.39, 0.29) is 15.8 Å². The molecule has 0 unspecified atom stereocenters. The normalized spacial score (nSPS) is 17.3. The highest BCUT2D eigenvalue weighted by Crippen LogP contribution is 2.38. The Labute approximate surface area is 191 Å². The van der Waals surface area contributed by atoms with Gasteiger partial charge in [0.15, 0.2) is 0 Å². The third-order valence-corrected chi connectivity index (χ3v) is 9.33. The first-order valence-corrected chi connectivity index (χ1v) is 12.8. The van der Waals surface area contributed by atoms with Crippen molar-refractivity contribution in [2.24, 2.45) is 0 Å². The van der Waals surface area contributed by atoms with E-state index in [0.29, 0.717) is 49.7 Å². The van der Waals surface area contributed by atoms with Gasteiger partial charge in [0.2, 0.25) is 15.9 Å². The number of aryl methyl sites for hydroxylation is 1. The average molecular weight is 479 g/mol. The highest BCUT2D eigenvalue weighted by molar-refractivity contribution is 7.89. The number of nitrogens with one attached hydrogen (secondary N) is 1. The number of thiophene rings is 1. The average Bonchev–Trinajstić information content (AvgIpc) is 3.33. The second-order valence-electron chi connectivity index (χ2n) is 7.65. The largest absolute Gasteiger partial charge is 0.317 e. The van der Waals surface area contributed by atoms with Crippen LogP contribution in [0.15, 0.2) is 29.2 Å². The number of carbonyl (C=O) groups is 1. The first kappa shape index (κ1) is 22.2. The molecule has 1 saturated heterocycles. The van der Waals surface area contributed by atoms with Crippen LogP contribution in [0.3, 0.4) is 0 Å². The zero-order chi connectivity index (χ0) is 22.0. The molecule has 164 valence electrons. The Morgan fingerprint density at radius 3 is 2.65 bits per heavy atom. The number of hydrogen-bond donors (Lipinski definition) is 1. The number of halogens is 1. The monoisotopic (exact) mass is 478 g/mol. The van der Waals surface area contributed by atoms with Crippen LogP contribution < -0.4 is 5.32 Å². The molecule has 1 fully saturated rings. The fourth-order valence-electron chi connectivity index (χ4n) is 4.05. The second kappa shape index (κ2) is 9.27. The maximum atomic E-state index is 12.8. The third-order valence-electron chi connectivity index (χ3n) is 5.73. The van der Waals surface area contributed by atoms with Crippen LogP contribution in [0.5, 0.6) is 0 Å². The molecule has 0 saturated carbocycles. The molecule has 1 aliphatic heterocycles. The summed E-state index contributed by atoms with van der Waals surface area (Å²) in [5, 5.41) is 13.2. The van der Waals surface area contributed by atoms with E-state index in [1.54, 1.807) is 18.2 Å². The van der Waals surface area contributed by atoms with Crippen LogP contribution in [0.4, 0.5) is 5.00 Å². The zero-order valence-electron chi connectivity index (χ0n) is 16.9. The molecule has 1 aliphatic carbocycles. The lowest BCUT2D eigenvalue weighted by Crippen LogP contribution is -2.49. The number of rotatable bonds is 6. The van der Waals surface area contributed by atoms with Crippen molar-refractivity contribution < 1.29 is 13.2 Å². The van der Waals surface area contributed by atoms with Gasteiger partial charge in [-0.05, 0) is 37.0 Å². The molecule has 2 heterocycles. The van der Waals surface area contributed by atoms with Crippen molar-refractivity contribution >= 4 is 43.9 Å². The standard InChI is InChI=1S/C21H23ClN4O3S2/c22-17-5-1-2-7-19(17)31(28,29)26-12-10-25(11-13-26)9-8-20(27)24-21-16(14-23)15-4-3-6-18(15)30-21/h1-2,5,7H,3-4,6,8-13H2,(H,24,27). The summed E-state index contributed by atoms with van der Waals surface area (Å²) in [4.78, 5) is 15.9. The van der Waals surface area contributed by atoms with Gasteiger partial charge in [-0.3, -0.25) is 4.79 Å². The van der Waals surface area contributed by atoms with Gasteiger partial charge in [0.25, 0.3) is 0 Å². The summed E-state index contributed by atoms with van der Waals surface area (Å²) in [6.45, 7) is 2.34. The van der Waals surface area contributed by atoms with Crippen LogP contribution in [0.1, 0.15) is 28.8 Å². The van der Waals surface area contributed by atoms with Gasteiger partial charge in [0, 0.05) is 44.0 Å². The van der Waals surface area contributed by atoms with E-state index in [4.69, 9.17) is 11.6 Å². The molecule has 2 aliphatic rings. The van der Waals surface area contributed by atoms with Crippen LogP contribution in [0.2, 0.25) is 5.02 Å². The van der Waals surface area contributed by atoms with E-state index in [9.17, 15) is 18.5 Å². The topological polar surface area (TPSA) is 93.5 Å². The molecule has 10 heteroatoms. The molecule has 0 bridgehead atoms. The highest BCUT2D eigenvalue weighted by atomic mass is 35.5. The van der Waals surface area contributed by atoms with Crippen molar-refractivity contribution in [3.05, 3.63) is 45.3 Å². The van der Waals surface area contributed by atoms with E-state index in [1.165, 1.54) is 26.6 Å². The van der Waals surface area contributed by atoms with Gasteiger partial charge in [-0.1, -0.05) is 23.7 Å². The van der Waals surface area contributed by atoms with Crippen LogP contribution in [0.25, 0.3) is 0 Å². The minimum atomic E-state index is -3.63. The van der Waals surface area contributed by atoms with Crippen molar-refractivity contribution in [3.63, 3.8) is 0 Å². The smallest absolute Gasteiger partial charge is 0.244 e. The Bertz CT molecular complexity index is 1130. The lowest BCUT2D eigenvalue weighted by Gasteiger charge is -2.33. The number of sulfonamides is 1. The fourth-order valence-corrected chi connectivity index (χ4v) is 7.22. The number of amides is 1. The molecule has 0 atom stereocenters. The van der Waals surface area contributed by atoms with Crippen LogP contribution in [-0.4, -0.2) is 56.3 Å².